The highest BCUT2D eigenvalue weighted by molar-refractivity contribution is 6.30. The van der Waals surface area contributed by atoms with Crippen molar-refractivity contribution in [2.24, 2.45) is 0 Å². The summed E-state index contributed by atoms with van der Waals surface area (Å²) in [7, 11) is 0. The molecule has 1 aromatic carbocycles. The quantitative estimate of drug-likeness (QED) is 0.918. The van der Waals surface area contributed by atoms with Gasteiger partial charge in [0.15, 0.2) is 0 Å². The van der Waals surface area contributed by atoms with E-state index in [1.165, 1.54) is 6.33 Å². The van der Waals surface area contributed by atoms with Crippen LogP contribution in [-0.2, 0) is 5.60 Å². The second-order valence-electron chi connectivity index (χ2n) is 5.07. The molecular formula is C14H16ClN3O. The van der Waals surface area contributed by atoms with Gasteiger partial charge in [-0.1, -0.05) is 36.6 Å². The largest absolute Gasteiger partial charge is 0.383 e. The van der Waals surface area contributed by atoms with Crippen molar-refractivity contribution in [3.63, 3.8) is 0 Å². The van der Waals surface area contributed by atoms with Crippen molar-refractivity contribution < 1.29 is 5.11 Å². The van der Waals surface area contributed by atoms with Crippen LogP contribution in [0, 0.1) is 0 Å². The minimum atomic E-state index is -0.892. The van der Waals surface area contributed by atoms with E-state index in [2.05, 4.69) is 10.1 Å². The van der Waals surface area contributed by atoms with Crippen LogP contribution in [0.3, 0.4) is 0 Å². The summed E-state index contributed by atoms with van der Waals surface area (Å²) in [6, 6.07) is 7.38. The number of benzene rings is 1. The topological polar surface area (TPSA) is 50.9 Å². The molecule has 0 spiro atoms. The van der Waals surface area contributed by atoms with Gasteiger partial charge in [-0.05, 0) is 30.5 Å². The van der Waals surface area contributed by atoms with E-state index in [1.807, 2.05) is 24.3 Å². The van der Waals surface area contributed by atoms with Gasteiger partial charge in [-0.15, -0.1) is 0 Å². The van der Waals surface area contributed by atoms with Gasteiger partial charge >= 0.3 is 0 Å². The Labute approximate surface area is 117 Å². The van der Waals surface area contributed by atoms with Crippen LogP contribution < -0.4 is 0 Å². The summed E-state index contributed by atoms with van der Waals surface area (Å²) in [4.78, 5) is 3.99. The fourth-order valence-electron chi connectivity index (χ4n) is 2.94. The number of nitrogens with zero attached hydrogens (tertiary/aromatic N) is 3. The van der Waals surface area contributed by atoms with Crippen LogP contribution in [0.2, 0.25) is 5.02 Å². The average Bonchev–Trinajstić information content (AvgIpc) is 2.93. The van der Waals surface area contributed by atoms with Gasteiger partial charge in [0.1, 0.15) is 18.3 Å². The molecule has 2 atom stereocenters. The molecule has 1 fully saturated rings. The number of halogens is 1. The Morgan fingerprint density at radius 2 is 2.05 bits per heavy atom. The van der Waals surface area contributed by atoms with Gasteiger partial charge in [-0.3, -0.25) is 0 Å². The summed E-state index contributed by atoms with van der Waals surface area (Å²) in [5.74, 6) is 0. The highest BCUT2D eigenvalue weighted by Gasteiger charge is 2.42. The number of hydrogen-bond acceptors (Lipinski definition) is 3. The summed E-state index contributed by atoms with van der Waals surface area (Å²) < 4.78 is 1.77. The van der Waals surface area contributed by atoms with E-state index in [4.69, 9.17) is 11.6 Å². The van der Waals surface area contributed by atoms with Crippen molar-refractivity contribution in [2.75, 3.05) is 0 Å². The Morgan fingerprint density at radius 3 is 2.74 bits per heavy atom. The van der Waals surface area contributed by atoms with Crippen LogP contribution in [0.15, 0.2) is 36.9 Å². The fourth-order valence-corrected chi connectivity index (χ4v) is 3.07. The summed E-state index contributed by atoms with van der Waals surface area (Å²) in [5.41, 5.74) is 0.00777. The smallest absolute Gasteiger partial charge is 0.137 e. The van der Waals surface area contributed by atoms with Gasteiger partial charge in [0.25, 0.3) is 0 Å². The van der Waals surface area contributed by atoms with Crippen LogP contribution >= 0.6 is 11.6 Å². The third kappa shape index (κ3) is 2.26. The lowest BCUT2D eigenvalue weighted by Gasteiger charge is -2.40. The molecule has 3 rings (SSSR count). The summed E-state index contributed by atoms with van der Waals surface area (Å²) >= 11 is 5.92. The Morgan fingerprint density at radius 1 is 1.26 bits per heavy atom. The first-order chi connectivity index (χ1) is 9.20. The molecule has 19 heavy (non-hydrogen) atoms. The van der Waals surface area contributed by atoms with E-state index in [9.17, 15) is 5.11 Å². The molecule has 4 nitrogen and oxygen atoms in total. The van der Waals surface area contributed by atoms with Crippen LogP contribution in [0.25, 0.3) is 0 Å². The zero-order chi connectivity index (χ0) is 13.3. The molecule has 1 aliphatic rings. The molecule has 0 saturated heterocycles. The van der Waals surface area contributed by atoms with Crippen LogP contribution in [-0.4, -0.2) is 19.9 Å². The van der Waals surface area contributed by atoms with Crippen molar-refractivity contribution in [1.82, 2.24) is 14.8 Å². The molecule has 2 aromatic rings. The molecule has 1 N–H and O–H groups in total. The summed E-state index contributed by atoms with van der Waals surface area (Å²) in [6.07, 6.45) is 6.94. The Bertz CT molecular complexity index is 540. The molecule has 0 radical (unpaired) electrons. The zero-order valence-electron chi connectivity index (χ0n) is 10.5. The lowest BCUT2D eigenvalue weighted by molar-refractivity contribution is -0.0516. The lowest BCUT2D eigenvalue weighted by Crippen LogP contribution is -2.39. The maximum Gasteiger partial charge on any atom is 0.137 e. The molecule has 2 unspecified atom stereocenters. The van der Waals surface area contributed by atoms with E-state index in [0.717, 1.165) is 31.2 Å². The predicted molar refractivity (Wildman–Crippen MR) is 72.9 cm³/mol. The first-order valence-corrected chi connectivity index (χ1v) is 6.90. The van der Waals surface area contributed by atoms with Crippen molar-refractivity contribution in [3.8, 4) is 0 Å². The van der Waals surface area contributed by atoms with Crippen LogP contribution in [0.5, 0.6) is 0 Å². The molecule has 1 aliphatic carbocycles. The third-order valence-corrected chi connectivity index (χ3v) is 4.19. The number of hydrogen-bond donors (Lipinski definition) is 1. The van der Waals surface area contributed by atoms with Gasteiger partial charge in [-0.2, -0.15) is 5.10 Å². The SMILES string of the molecule is OC1(c2ccc(Cl)cc2)CCCCC1n1cncn1. The average molecular weight is 278 g/mol. The minimum Gasteiger partial charge on any atom is -0.383 e. The minimum absolute atomic E-state index is 0.0649. The highest BCUT2D eigenvalue weighted by atomic mass is 35.5. The van der Waals surface area contributed by atoms with Gasteiger partial charge in [-0.25, -0.2) is 9.67 Å². The van der Waals surface area contributed by atoms with E-state index in [1.54, 1.807) is 11.0 Å². The molecule has 5 heteroatoms. The van der Waals surface area contributed by atoms with Crippen molar-refractivity contribution in [1.29, 1.82) is 0 Å². The molecule has 1 saturated carbocycles. The van der Waals surface area contributed by atoms with E-state index < -0.39 is 5.60 Å². The van der Waals surface area contributed by atoms with Gasteiger partial charge in [0.05, 0.1) is 6.04 Å². The van der Waals surface area contributed by atoms with Gasteiger partial charge < -0.3 is 5.11 Å². The monoisotopic (exact) mass is 277 g/mol. The predicted octanol–water partition coefficient (Wildman–Crippen LogP) is 2.93. The van der Waals surface area contributed by atoms with E-state index >= 15 is 0 Å². The second kappa shape index (κ2) is 4.94. The van der Waals surface area contributed by atoms with Crippen molar-refractivity contribution >= 4 is 11.6 Å². The summed E-state index contributed by atoms with van der Waals surface area (Å²) in [5, 5.41) is 16.0. The fraction of sp³-hybridized carbons (Fsp3) is 0.429. The molecule has 100 valence electrons. The molecule has 0 bridgehead atoms. The second-order valence-corrected chi connectivity index (χ2v) is 5.50. The van der Waals surface area contributed by atoms with Crippen molar-refractivity contribution in [3.05, 3.63) is 47.5 Å². The van der Waals surface area contributed by atoms with Crippen molar-refractivity contribution in [2.45, 2.75) is 37.3 Å². The number of rotatable bonds is 2. The van der Waals surface area contributed by atoms with Gasteiger partial charge in [0.2, 0.25) is 0 Å². The molecule has 0 amide bonds. The highest BCUT2D eigenvalue weighted by Crippen LogP contribution is 2.44. The Kier molecular flexibility index (Phi) is 3.29. The molecule has 1 aromatic heterocycles. The van der Waals surface area contributed by atoms with E-state index in [-0.39, 0.29) is 6.04 Å². The number of aliphatic hydroxyl groups is 1. The Balaban J connectivity index is 2.00. The zero-order valence-corrected chi connectivity index (χ0v) is 11.3. The lowest BCUT2D eigenvalue weighted by atomic mass is 9.76. The molecular weight excluding hydrogens is 262 g/mol. The Hall–Kier alpha value is -1.39. The summed E-state index contributed by atoms with van der Waals surface area (Å²) in [6.45, 7) is 0. The van der Waals surface area contributed by atoms with Crippen LogP contribution in [0.1, 0.15) is 37.3 Å². The van der Waals surface area contributed by atoms with E-state index in [0.29, 0.717) is 5.02 Å². The maximum atomic E-state index is 11.1. The number of aromatic nitrogens is 3. The first kappa shape index (κ1) is 12.6. The molecule has 1 heterocycles. The maximum absolute atomic E-state index is 11.1. The molecule has 0 aliphatic heterocycles. The van der Waals surface area contributed by atoms with Crippen LogP contribution in [0.4, 0.5) is 0 Å². The normalized spacial score (nSPS) is 27.4. The first-order valence-electron chi connectivity index (χ1n) is 6.53. The standard InChI is InChI=1S/C14H16ClN3O/c15-12-6-4-11(5-7-12)14(19)8-2-1-3-13(14)18-10-16-9-17-18/h4-7,9-10,13,19H,1-3,8H2. The third-order valence-electron chi connectivity index (χ3n) is 3.94. The van der Waals surface area contributed by atoms with Gasteiger partial charge in [0, 0.05) is 5.02 Å².